The molecule has 1 aromatic heterocycles. The summed E-state index contributed by atoms with van der Waals surface area (Å²) in [7, 11) is 0. The van der Waals surface area contributed by atoms with Crippen LogP contribution in [0.5, 0.6) is 0 Å². The molecule has 32 heavy (non-hydrogen) atoms. The minimum Gasteiger partial charge on any atom is -0.395 e. The van der Waals surface area contributed by atoms with E-state index in [1.807, 2.05) is 41.2 Å². The van der Waals surface area contributed by atoms with E-state index >= 15 is 0 Å². The first kappa shape index (κ1) is 20.6. The van der Waals surface area contributed by atoms with Gasteiger partial charge in [0.25, 0.3) is 0 Å². The molecule has 2 aliphatic carbocycles. The number of aliphatic hydroxyl groups is 1. The van der Waals surface area contributed by atoms with E-state index in [2.05, 4.69) is 12.0 Å². The van der Waals surface area contributed by atoms with Crippen molar-refractivity contribution in [3.8, 4) is 5.69 Å². The summed E-state index contributed by atoms with van der Waals surface area (Å²) in [4.78, 5) is 15.3. The van der Waals surface area contributed by atoms with Crippen LogP contribution in [0.2, 0.25) is 0 Å². The highest BCUT2D eigenvalue weighted by atomic mass is 19.1. The van der Waals surface area contributed by atoms with E-state index in [4.69, 9.17) is 0 Å². The summed E-state index contributed by atoms with van der Waals surface area (Å²) in [6, 6.07) is 15.9. The van der Waals surface area contributed by atoms with E-state index in [0.717, 1.165) is 41.9 Å². The molecule has 2 aromatic carbocycles. The monoisotopic (exact) mass is 431 g/mol. The number of aliphatic hydroxyl groups excluding tert-OH is 1. The maximum Gasteiger partial charge on any atom is 0.234 e. The molecular formula is C26H26FN3O2. The molecule has 0 saturated carbocycles. The Hall–Kier alpha value is -3.25. The number of allylic oxidation sites excluding steroid dienone is 1. The first-order chi connectivity index (χ1) is 15.6. The normalized spacial score (nSPS) is 19.6. The van der Waals surface area contributed by atoms with Gasteiger partial charge in [-0.3, -0.25) is 4.79 Å². The van der Waals surface area contributed by atoms with Gasteiger partial charge in [-0.1, -0.05) is 36.3 Å². The molecule has 2 aliphatic rings. The van der Waals surface area contributed by atoms with Crippen LogP contribution in [0.1, 0.15) is 36.9 Å². The van der Waals surface area contributed by atoms with Crippen molar-refractivity contribution >= 4 is 11.6 Å². The number of para-hydroxylation sites is 1. The summed E-state index contributed by atoms with van der Waals surface area (Å²) in [5.74, 6) is -0.312. The maximum atomic E-state index is 13.6. The number of nitrogens with zero attached hydrogens (tertiary/aromatic N) is 3. The van der Waals surface area contributed by atoms with Crippen molar-refractivity contribution in [3.05, 3.63) is 89.0 Å². The van der Waals surface area contributed by atoms with Crippen LogP contribution in [-0.4, -0.2) is 33.9 Å². The zero-order chi connectivity index (χ0) is 22.2. The summed E-state index contributed by atoms with van der Waals surface area (Å²) < 4.78 is 15.3. The third kappa shape index (κ3) is 3.45. The van der Waals surface area contributed by atoms with Crippen LogP contribution in [-0.2, 0) is 11.2 Å². The Morgan fingerprint density at radius 1 is 1.19 bits per heavy atom. The lowest BCUT2D eigenvalue weighted by Crippen LogP contribution is -2.39. The van der Waals surface area contributed by atoms with Gasteiger partial charge in [0.2, 0.25) is 5.91 Å². The fourth-order valence-electron chi connectivity index (χ4n) is 5.28. The minimum atomic E-state index is -0.267. The van der Waals surface area contributed by atoms with Crippen molar-refractivity contribution in [2.24, 2.45) is 5.92 Å². The van der Waals surface area contributed by atoms with Crippen LogP contribution in [0.3, 0.4) is 0 Å². The van der Waals surface area contributed by atoms with Gasteiger partial charge in [0, 0.05) is 30.1 Å². The van der Waals surface area contributed by atoms with Crippen LogP contribution in [0.25, 0.3) is 5.69 Å². The molecule has 0 bridgehead atoms. The Morgan fingerprint density at radius 2 is 1.94 bits per heavy atom. The Morgan fingerprint density at radius 3 is 2.66 bits per heavy atom. The number of carbonyl (C=O) groups excluding carboxylic acids is 1. The number of halogens is 1. The summed E-state index contributed by atoms with van der Waals surface area (Å²) in [5.41, 5.74) is 6.42. The zero-order valence-corrected chi connectivity index (χ0v) is 18.0. The standard InChI is InChI=1S/C26H26FN3O2/c1-17-23-16-28-30(21-10-8-19(27)9-11-21)24(23)15-18-7-12-22(25(17)18)26(32)29(13-14-31)20-5-3-2-4-6-20/h2-6,8-11,16-17,22,31H,7,12-15H2,1H3/t17-,22+/m0/s1. The van der Waals surface area contributed by atoms with E-state index < -0.39 is 0 Å². The maximum absolute atomic E-state index is 13.6. The van der Waals surface area contributed by atoms with Crippen molar-refractivity contribution in [1.82, 2.24) is 9.78 Å². The highest BCUT2D eigenvalue weighted by Gasteiger charge is 2.40. The molecule has 0 unspecified atom stereocenters. The lowest BCUT2D eigenvalue weighted by molar-refractivity contribution is -0.121. The fraction of sp³-hybridized carbons (Fsp3) is 0.308. The molecule has 0 aliphatic heterocycles. The second kappa shape index (κ2) is 8.36. The molecule has 6 heteroatoms. The van der Waals surface area contributed by atoms with Crippen molar-refractivity contribution < 1.29 is 14.3 Å². The number of hydrogen-bond acceptors (Lipinski definition) is 3. The van der Waals surface area contributed by atoms with E-state index in [0.29, 0.717) is 0 Å². The van der Waals surface area contributed by atoms with E-state index in [1.54, 1.807) is 17.0 Å². The SMILES string of the molecule is C[C@@H]1C2=C(CC[C@H]2C(=O)N(CCO)c2ccccc2)Cc2c1cnn2-c1ccc(F)cc1. The smallest absolute Gasteiger partial charge is 0.234 e. The van der Waals surface area contributed by atoms with Crippen molar-refractivity contribution in [1.29, 1.82) is 0 Å². The predicted molar refractivity (Wildman–Crippen MR) is 121 cm³/mol. The van der Waals surface area contributed by atoms with E-state index in [1.165, 1.54) is 23.3 Å². The molecule has 3 aromatic rings. The lowest BCUT2D eigenvalue weighted by atomic mass is 9.79. The van der Waals surface area contributed by atoms with E-state index in [9.17, 15) is 14.3 Å². The van der Waals surface area contributed by atoms with Gasteiger partial charge in [-0.05, 0) is 49.2 Å². The molecule has 1 N–H and O–H groups in total. The molecule has 1 heterocycles. The average molecular weight is 432 g/mol. The molecule has 2 atom stereocenters. The number of rotatable bonds is 5. The Bertz CT molecular complexity index is 1170. The number of aromatic nitrogens is 2. The highest BCUT2D eigenvalue weighted by Crippen LogP contribution is 2.48. The van der Waals surface area contributed by atoms with Gasteiger partial charge in [0.15, 0.2) is 0 Å². The zero-order valence-electron chi connectivity index (χ0n) is 18.0. The fourth-order valence-corrected chi connectivity index (χ4v) is 5.28. The molecule has 0 spiro atoms. The Kier molecular flexibility index (Phi) is 5.39. The topological polar surface area (TPSA) is 58.4 Å². The minimum absolute atomic E-state index is 0.0523. The molecule has 1 amide bonds. The molecule has 5 nitrogen and oxygen atoms in total. The van der Waals surface area contributed by atoms with Crippen molar-refractivity contribution in [3.63, 3.8) is 0 Å². The highest BCUT2D eigenvalue weighted by molar-refractivity contribution is 5.97. The summed E-state index contributed by atoms with van der Waals surface area (Å²) in [6.07, 6.45) is 4.31. The lowest BCUT2D eigenvalue weighted by Gasteiger charge is -2.30. The largest absolute Gasteiger partial charge is 0.395 e. The van der Waals surface area contributed by atoms with Gasteiger partial charge in [-0.2, -0.15) is 5.10 Å². The number of benzene rings is 2. The first-order valence-electron chi connectivity index (χ1n) is 11.1. The van der Waals surface area contributed by atoms with Crippen molar-refractivity contribution in [2.45, 2.75) is 32.1 Å². The quantitative estimate of drug-likeness (QED) is 0.609. The predicted octanol–water partition coefficient (Wildman–Crippen LogP) is 4.40. The average Bonchev–Trinajstić information content (AvgIpc) is 3.43. The summed E-state index contributed by atoms with van der Waals surface area (Å²) >= 11 is 0. The second-order valence-electron chi connectivity index (χ2n) is 8.53. The summed E-state index contributed by atoms with van der Waals surface area (Å²) in [6.45, 7) is 2.35. The van der Waals surface area contributed by atoms with Gasteiger partial charge in [0.1, 0.15) is 5.82 Å². The number of carbonyl (C=O) groups is 1. The molecule has 0 radical (unpaired) electrons. The molecular weight excluding hydrogens is 405 g/mol. The molecule has 0 saturated heterocycles. The number of fused-ring (bicyclic) bond motifs is 1. The van der Waals surface area contributed by atoms with E-state index in [-0.39, 0.29) is 36.7 Å². The summed E-state index contributed by atoms with van der Waals surface area (Å²) in [5, 5.41) is 14.2. The number of hydrogen-bond donors (Lipinski definition) is 1. The second-order valence-corrected chi connectivity index (χ2v) is 8.53. The molecule has 0 fully saturated rings. The van der Waals surface area contributed by atoms with Crippen LogP contribution < -0.4 is 4.90 Å². The Labute approximate surface area is 186 Å². The van der Waals surface area contributed by atoms with Crippen LogP contribution >= 0.6 is 0 Å². The van der Waals surface area contributed by atoms with Gasteiger partial charge >= 0.3 is 0 Å². The molecule has 164 valence electrons. The van der Waals surface area contributed by atoms with Crippen LogP contribution in [0.4, 0.5) is 10.1 Å². The third-order valence-electron chi connectivity index (χ3n) is 6.76. The first-order valence-corrected chi connectivity index (χ1v) is 11.1. The van der Waals surface area contributed by atoms with Gasteiger partial charge in [-0.15, -0.1) is 0 Å². The number of anilines is 1. The number of amides is 1. The Balaban J connectivity index is 1.46. The van der Waals surface area contributed by atoms with Crippen LogP contribution in [0.15, 0.2) is 71.9 Å². The van der Waals surface area contributed by atoms with Crippen LogP contribution in [0, 0.1) is 11.7 Å². The van der Waals surface area contributed by atoms with Crippen molar-refractivity contribution in [2.75, 3.05) is 18.1 Å². The van der Waals surface area contributed by atoms with Gasteiger partial charge in [0.05, 0.1) is 30.1 Å². The molecule has 5 rings (SSSR count). The van der Waals surface area contributed by atoms with Gasteiger partial charge < -0.3 is 10.0 Å². The third-order valence-corrected chi connectivity index (χ3v) is 6.76. The van der Waals surface area contributed by atoms with Gasteiger partial charge in [-0.25, -0.2) is 9.07 Å².